The summed E-state index contributed by atoms with van der Waals surface area (Å²) < 4.78 is 0. The Morgan fingerprint density at radius 3 is 0.923 bits per heavy atom. The molecule has 3 atom stereocenters. The molecule has 1 amide bonds. The zero-order valence-corrected chi connectivity index (χ0v) is 35.5. The molecule has 0 aromatic rings. The van der Waals surface area contributed by atoms with E-state index in [0.717, 1.165) is 25.7 Å². The SMILES string of the molecule is CCCCCCCCCCCCCCCCCCCCCCCCCCCCC(O)CC(=O)NC(CO)C(O)CCCCCCCCCCCCC. The lowest BCUT2D eigenvalue weighted by molar-refractivity contribution is -0.125. The molecule has 0 aliphatic rings. The summed E-state index contributed by atoms with van der Waals surface area (Å²) in [5, 5.41) is 33.4. The minimum atomic E-state index is -0.742. The van der Waals surface area contributed by atoms with E-state index < -0.39 is 18.2 Å². The van der Waals surface area contributed by atoms with Crippen molar-refractivity contribution in [3.05, 3.63) is 0 Å². The number of carbonyl (C=O) groups excluding carboxylic acids is 1. The van der Waals surface area contributed by atoms with Crippen molar-refractivity contribution < 1.29 is 20.1 Å². The summed E-state index contributed by atoms with van der Waals surface area (Å²) in [6, 6.07) is -0.651. The lowest BCUT2D eigenvalue weighted by Gasteiger charge is -2.23. The third-order valence-electron chi connectivity index (χ3n) is 11.4. The first-order valence-corrected chi connectivity index (χ1v) is 23.8. The number of aliphatic hydroxyl groups is 3. The number of nitrogens with one attached hydrogen (secondary N) is 1. The first kappa shape index (κ1) is 51.4. The van der Waals surface area contributed by atoms with E-state index in [1.54, 1.807) is 0 Å². The van der Waals surface area contributed by atoms with E-state index in [9.17, 15) is 20.1 Å². The smallest absolute Gasteiger partial charge is 0.222 e. The summed E-state index contributed by atoms with van der Waals surface area (Å²) in [4.78, 5) is 12.4. The van der Waals surface area contributed by atoms with Gasteiger partial charge in [0.15, 0.2) is 0 Å². The topological polar surface area (TPSA) is 89.8 Å². The van der Waals surface area contributed by atoms with Crippen molar-refractivity contribution in [3.8, 4) is 0 Å². The highest BCUT2D eigenvalue weighted by molar-refractivity contribution is 5.76. The van der Waals surface area contributed by atoms with E-state index in [4.69, 9.17) is 0 Å². The van der Waals surface area contributed by atoms with Crippen molar-refractivity contribution in [3.63, 3.8) is 0 Å². The minimum absolute atomic E-state index is 0.0428. The summed E-state index contributed by atoms with van der Waals surface area (Å²) in [6.45, 7) is 4.27. The van der Waals surface area contributed by atoms with Gasteiger partial charge in [0.05, 0.1) is 31.3 Å². The number of aliphatic hydroxyl groups excluding tert-OH is 3. The highest BCUT2D eigenvalue weighted by atomic mass is 16.3. The second-order valence-corrected chi connectivity index (χ2v) is 16.7. The van der Waals surface area contributed by atoms with Gasteiger partial charge >= 0.3 is 0 Å². The average Bonchev–Trinajstić information content (AvgIpc) is 3.14. The Morgan fingerprint density at radius 1 is 0.404 bits per heavy atom. The van der Waals surface area contributed by atoms with Gasteiger partial charge in [-0.15, -0.1) is 0 Å². The second kappa shape index (κ2) is 43.1. The zero-order chi connectivity index (χ0) is 38.0. The van der Waals surface area contributed by atoms with Crippen LogP contribution in [-0.4, -0.2) is 46.1 Å². The van der Waals surface area contributed by atoms with Crippen LogP contribution in [0.3, 0.4) is 0 Å². The molecule has 5 nitrogen and oxygen atoms in total. The van der Waals surface area contributed by atoms with Crippen LogP contribution in [-0.2, 0) is 4.79 Å². The normalized spacial score (nSPS) is 13.4. The molecule has 0 aliphatic heterocycles. The Balaban J connectivity index is 3.47. The molecule has 0 bridgehead atoms. The summed E-state index contributed by atoms with van der Waals surface area (Å²) in [5.74, 6) is -0.278. The highest BCUT2D eigenvalue weighted by Crippen LogP contribution is 2.17. The molecule has 3 unspecified atom stereocenters. The van der Waals surface area contributed by atoms with Gasteiger partial charge in [0.1, 0.15) is 0 Å². The summed E-state index contributed by atoms with van der Waals surface area (Å²) in [7, 11) is 0. The van der Waals surface area contributed by atoms with Gasteiger partial charge in [0, 0.05) is 0 Å². The van der Waals surface area contributed by atoms with Gasteiger partial charge < -0.3 is 20.6 Å². The molecule has 312 valence electrons. The monoisotopic (exact) mass is 738 g/mol. The number of rotatable bonds is 44. The molecule has 0 fully saturated rings. The van der Waals surface area contributed by atoms with E-state index >= 15 is 0 Å². The van der Waals surface area contributed by atoms with Crippen LogP contribution in [0.1, 0.15) is 271 Å². The van der Waals surface area contributed by atoms with Crippen LogP contribution in [0.5, 0.6) is 0 Å². The first-order valence-electron chi connectivity index (χ1n) is 23.8. The molecule has 0 spiro atoms. The maximum absolute atomic E-state index is 12.4. The van der Waals surface area contributed by atoms with Gasteiger partial charge in [-0.3, -0.25) is 4.79 Å². The Kier molecular flexibility index (Phi) is 42.5. The van der Waals surface area contributed by atoms with E-state index in [1.165, 1.54) is 212 Å². The molecular weight excluding hydrogens is 643 g/mol. The molecule has 0 aliphatic carbocycles. The van der Waals surface area contributed by atoms with E-state index in [-0.39, 0.29) is 18.9 Å². The predicted molar refractivity (Wildman–Crippen MR) is 227 cm³/mol. The number of hydrogen-bond donors (Lipinski definition) is 4. The first-order chi connectivity index (χ1) is 25.5. The number of hydrogen-bond acceptors (Lipinski definition) is 4. The van der Waals surface area contributed by atoms with E-state index in [2.05, 4.69) is 19.2 Å². The fourth-order valence-corrected chi connectivity index (χ4v) is 7.76. The van der Waals surface area contributed by atoms with Crippen LogP contribution in [0.2, 0.25) is 0 Å². The third kappa shape index (κ3) is 39.1. The molecule has 0 heterocycles. The van der Waals surface area contributed by atoms with Gasteiger partial charge in [0.2, 0.25) is 5.91 Å². The van der Waals surface area contributed by atoms with Crippen molar-refractivity contribution in [2.24, 2.45) is 0 Å². The molecule has 0 saturated heterocycles. The van der Waals surface area contributed by atoms with Crippen LogP contribution in [0.25, 0.3) is 0 Å². The maximum Gasteiger partial charge on any atom is 0.222 e. The Bertz CT molecular complexity index is 688. The van der Waals surface area contributed by atoms with Gasteiger partial charge in [-0.1, -0.05) is 251 Å². The number of amides is 1. The van der Waals surface area contributed by atoms with Crippen molar-refractivity contribution >= 4 is 5.91 Å². The van der Waals surface area contributed by atoms with Gasteiger partial charge in [-0.05, 0) is 12.8 Å². The number of carbonyl (C=O) groups is 1. The average molecular weight is 738 g/mol. The molecule has 52 heavy (non-hydrogen) atoms. The lowest BCUT2D eigenvalue weighted by atomic mass is 10.0. The van der Waals surface area contributed by atoms with Crippen LogP contribution >= 0.6 is 0 Å². The van der Waals surface area contributed by atoms with Crippen molar-refractivity contribution in [1.29, 1.82) is 0 Å². The largest absolute Gasteiger partial charge is 0.394 e. The molecule has 0 radical (unpaired) electrons. The van der Waals surface area contributed by atoms with E-state index in [1.807, 2.05) is 0 Å². The van der Waals surface area contributed by atoms with Crippen LogP contribution in [0.4, 0.5) is 0 Å². The fraction of sp³-hybridized carbons (Fsp3) is 0.979. The molecule has 5 heteroatoms. The molecular formula is C47H95NO4. The number of unbranched alkanes of at least 4 members (excludes halogenated alkanes) is 35. The third-order valence-corrected chi connectivity index (χ3v) is 11.4. The molecule has 0 aromatic heterocycles. The highest BCUT2D eigenvalue weighted by Gasteiger charge is 2.21. The zero-order valence-electron chi connectivity index (χ0n) is 35.5. The lowest BCUT2D eigenvalue weighted by Crippen LogP contribution is -2.46. The fourth-order valence-electron chi connectivity index (χ4n) is 7.76. The van der Waals surface area contributed by atoms with Gasteiger partial charge in [-0.2, -0.15) is 0 Å². The van der Waals surface area contributed by atoms with Crippen molar-refractivity contribution in [2.75, 3.05) is 6.61 Å². The Hall–Kier alpha value is -0.650. The second-order valence-electron chi connectivity index (χ2n) is 16.7. The molecule has 0 aromatic carbocycles. The minimum Gasteiger partial charge on any atom is -0.394 e. The Morgan fingerprint density at radius 2 is 0.654 bits per heavy atom. The maximum atomic E-state index is 12.4. The summed E-state index contributed by atoms with van der Waals surface area (Å²) in [5.41, 5.74) is 0. The van der Waals surface area contributed by atoms with Gasteiger partial charge in [0.25, 0.3) is 0 Å². The Labute approximate surface area is 326 Å². The predicted octanol–water partition coefficient (Wildman–Crippen LogP) is 13.8. The van der Waals surface area contributed by atoms with Crippen molar-refractivity contribution in [1.82, 2.24) is 5.32 Å². The van der Waals surface area contributed by atoms with Gasteiger partial charge in [-0.25, -0.2) is 0 Å². The molecule has 0 rings (SSSR count). The molecule has 4 N–H and O–H groups in total. The summed E-state index contributed by atoms with van der Waals surface area (Å²) >= 11 is 0. The van der Waals surface area contributed by atoms with Crippen LogP contribution in [0, 0.1) is 0 Å². The quantitative estimate of drug-likeness (QED) is 0.0469. The van der Waals surface area contributed by atoms with Crippen LogP contribution < -0.4 is 5.32 Å². The molecule has 0 saturated carbocycles. The van der Waals surface area contributed by atoms with Crippen LogP contribution in [0.15, 0.2) is 0 Å². The van der Waals surface area contributed by atoms with Crippen molar-refractivity contribution in [2.45, 2.75) is 289 Å². The standard InChI is InChI=1S/C47H95NO4/c1-3-5-7-9-11-13-15-16-17-18-19-20-21-22-23-24-25-26-27-28-29-31-32-34-36-38-40-44(50)42-47(52)48-45(43-49)46(51)41-39-37-35-33-30-14-12-10-8-6-4-2/h44-46,49-51H,3-43H2,1-2H3,(H,48,52). The summed E-state index contributed by atoms with van der Waals surface area (Å²) in [6.07, 6.45) is 49.5. The van der Waals surface area contributed by atoms with E-state index in [0.29, 0.717) is 12.8 Å².